The molecule has 134 valence electrons. The molecule has 2 rings (SSSR count). The minimum Gasteiger partial charge on any atom is -0.269 e. The van der Waals surface area contributed by atoms with Gasteiger partial charge in [0.25, 0.3) is 5.91 Å². The van der Waals surface area contributed by atoms with E-state index in [1.807, 2.05) is 37.3 Å². The van der Waals surface area contributed by atoms with E-state index in [4.69, 9.17) is 4.84 Å². The molecule has 2 N–H and O–H groups in total. The predicted molar refractivity (Wildman–Crippen MR) is 95.2 cm³/mol. The van der Waals surface area contributed by atoms with Crippen LogP contribution in [0.1, 0.15) is 36.2 Å². The first-order valence-electron chi connectivity index (χ1n) is 8.01. The number of amides is 1. The highest BCUT2D eigenvalue weighted by molar-refractivity contribution is 7.89. The molecule has 0 saturated carbocycles. The molecule has 25 heavy (non-hydrogen) atoms. The molecule has 1 atom stereocenters. The number of benzene rings is 2. The Morgan fingerprint density at radius 1 is 1.08 bits per heavy atom. The zero-order valence-electron chi connectivity index (χ0n) is 14.2. The highest BCUT2D eigenvalue weighted by atomic mass is 32.2. The molecule has 7 heteroatoms. The molecule has 0 aliphatic rings. The van der Waals surface area contributed by atoms with Crippen LogP contribution in [0.15, 0.2) is 59.5 Å². The molecule has 0 aliphatic carbocycles. The lowest BCUT2D eigenvalue weighted by atomic mass is 10.2. The first-order chi connectivity index (χ1) is 11.9. The summed E-state index contributed by atoms with van der Waals surface area (Å²) in [5.74, 6) is -0.435. The molecule has 0 saturated heterocycles. The summed E-state index contributed by atoms with van der Waals surface area (Å²) in [6.07, 6.45) is 0.693. The summed E-state index contributed by atoms with van der Waals surface area (Å²) in [4.78, 5) is 17.3. The van der Waals surface area contributed by atoms with Gasteiger partial charge in [-0.3, -0.25) is 9.63 Å². The first kappa shape index (κ1) is 19.1. The molecule has 0 aliphatic heterocycles. The molecule has 0 fully saturated rings. The molecule has 1 unspecified atom stereocenters. The largest absolute Gasteiger partial charge is 0.274 e. The lowest BCUT2D eigenvalue weighted by Gasteiger charge is -2.12. The molecule has 0 aromatic heterocycles. The number of carbonyl (C=O) groups excluding carboxylic acids is 1. The van der Waals surface area contributed by atoms with Gasteiger partial charge in [-0.2, -0.15) is 0 Å². The third kappa shape index (κ3) is 5.67. The first-order valence-corrected chi connectivity index (χ1v) is 9.49. The van der Waals surface area contributed by atoms with Gasteiger partial charge in [0.05, 0.1) is 11.5 Å². The van der Waals surface area contributed by atoms with Crippen LogP contribution in [0.25, 0.3) is 0 Å². The van der Waals surface area contributed by atoms with Gasteiger partial charge < -0.3 is 0 Å². The topological polar surface area (TPSA) is 84.5 Å². The number of sulfonamides is 1. The predicted octanol–water partition coefficient (Wildman–Crippen LogP) is 2.63. The summed E-state index contributed by atoms with van der Waals surface area (Å²) in [5, 5.41) is 0. The van der Waals surface area contributed by atoms with Gasteiger partial charge in [0.2, 0.25) is 10.0 Å². The van der Waals surface area contributed by atoms with Crippen LogP contribution < -0.4 is 10.2 Å². The number of hydroxylamine groups is 1. The molecule has 0 heterocycles. The van der Waals surface area contributed by atoms with Crippen molar-refractivity contribution in [1.82, 2.24) is 10.2 Å². The van der Waals surface area contributed by atoms with Crippen LogP contribution in [0.2, 0.25) is 0 Å². The average molecular weight is 362 g/mol. The Labute approximate surface area is 148 Å². The minimum absolute atomic E-state index is 0.120. The van der Waals surface area contributed by atoms with Crippen molar-refractivity contribution < 1.29 is 18.0 Å². The van der Waals surface area contributed by atoms with Crippen LogP contribution in [0.3, 0.4) is 0 Å². The minimum atomic E-state index is -3.58. The maximum absolute atomic E-state index is 12.2. The summed E-state index contributed by atoms with van der Waals surface area (Å²) in [5.41, 5.74) is 3.59. The van der Waals surface area contributed by atoms with Crippen molar-refractivity contribution in [3.63, 3.8) is 0 Å². The lowest BCUT2D eigenvalue weighted by molar-refractivity contribution is 0.0233. The van der Waals surface area contributed by atoms with E-state index in [0.717, 1.165) is 5.56 Å². The Morgan fingerprint density at radius 2 is 1.72 bits per heavy atom. The number of nitrogens with one attached hydrogen (secondary N) is 2. The Balaban J connectivity index is 1.93. The third-order valence-corrected chi connectivity index (χ3v) is 5.25. The van der Waals surface area contributed by atoms with Gasteiger partial charge in [-0.25, -0.2) is 18.6 Å². The molecule has 0 bridgehead atoms. The van der Waals surface area contributed by atoms with Crippen LogP contribution in [0.4, 0.5) is 0 Å². The van der Waals surface area contributed by atoms with Gasteiger partial charge in [-0.1, -0.05) is 37.3 Å². The summed E-state index contributed by atoms with van der Waals surface area (Å²) in [6, 6.07) is 15.0. The highest BCUT2D eigenvalue weighted by Gasteiger charge is 2.17. The van der Waals surface area contributed by atoms with Gasteiger partial charge in [0, 0.05) is 11.6 Å². The van der Waals surface area contributed by atoms with Crippen LogP contribution in [-0.4, -0.2) is 20.4 Å². The Kier molecular flexibility index (Phi) is 6.69. The van der Waals surface area contributed by atoms with E-state index in [1.54, 1.807) is 6.92 Å². The van der Waals surface area contributed by atoms with Crippen molar-refractivity contribution in [2.45, 2.75) is 37.8 Å². The smallest absolute Gasteiger partial charge is 0.269 e. The van der Waals surface area contributed by atoms with Gasteiger partial charge in [-0.05, 0) is 43.2 Å². The number of carbonyl (C=O) groups is 1. The van der Waals surface area contributed by atoms with Crippen molar-refractivity contribution in [2.24, 2.45) is 0 Å². The van der Waals surface area contributed by atoms with Gasteiger partial charge in [-0.15, -0.1) is 0 Å². The molecule has 0 spiro atoms. The van der Waals surface area contributed by atoms with Crippen LogP contribution in [0.5, 0.6) is 0 Å². The molecule has 2 aromatic rings. The quantitative estimate of drug-likeness (QED) is 0.707. The lowest BCUT2D eigenvalue weighted by Crippen LogP contribution is -2.32. The highest BCUT2D eigenvalue weighted by Crippen LogP contribution is 2.12. The Bertz CT molecular complexity index is 790. The second-order valence-electron chi connectivity index (χ2n) is 5.66. The fraction of sp³-hybridized carbons (Fsp3) is 0.278. The second kappa shape index (κ2) is 8.75. The van der Waals surface area contributed by atoms with Crippen LogP contribution in [-0.2, 0) is 21.5 Å². The van der Waals surface area contributed by atoms with E-state index in [0.29, 0.717) is 12.0 Å². The Morgan fingerprint density at radius 3 is 2.32 bits per heavy atom. The summed E-state index contributed by atoms with van der Waals surface area (Å²) < 4.78 is 26.9. The summed E-state index contributed by atoms with van der Waals surface area (Å²) in [6.45, 7) is 3.94. The SMILES string of the molecule is CCC(C)NS(=O)(=O)c1ccc(C(=O)NOCc2ccccc2)cc1. The molecule has 2 aromatic carbocycles. The monoisotopic (exact) mass is 362 g/mol. The second-order valence-corrected chi connectivity index (χ2v) is 7.37. The summed E-state index contributed by atoms with van der Waals surface area (Å²) in [7, 11) is -3.58. The van der Waals surface area contributed by atoms with Crippen LogP contribution in [0, 0.1) is 0 Å². The van der Waals surface area contributed by atoms with Crippen molar-refractivity contribution in [2.75, 3.05) is 0 Å². The fourth-order valence-corrected chi connectivity index (χ4v) is 3.35. The molecule has 6 nitrogen and oxygen atoms in total. The normalized spacial score (nSPS) is 12.6. The van der Waals surface area contributed by atoms with E-state index in [2.05, 4.69) is 10.2 Å². The maximum Gasteiger partial charge on any atom is 0.274 e. The summed E-state index contributed by atoms with van der Waals surface area (Å²) >= 11 is 0. The third-order valence-electron chi connectivity index (χ3n) is 3.64. The van der Waals surface area contributed by atoms with E-state index in [1.165, 1.54) is 24.3 Å². The van der Waals surface area contributed by atoms with E-state index < -0.39 is 15.9 Å². The van der Waals surface area contributed by atoms with E-state index >= 15 is 0 Å². The van der Waals surface area contributed by atoms with E-state index in [-0.39, 0.29) is 17.5 Å². The molecule has 0 radical (unpaired) electrons. The van der Waals surface area contributed by atoms with Crippen molar-refractivity contribution >= 4 is 15.9 Å². The standard InChI is InChI=1S/C18H22N2O4S/c1-3-14(2)20-25(22,23)17-11-9-16(10-12-17)18(21)19-24-13-15-7-5-4-6-8-15/h4-12,14,20H,3,13H2,1-2H3,(H,19,21). The molecule has 1 amide bonds. The van der Waals surface area contributed by atoms with Crippen molar-refractivity contribution in [1.29, 1.82) is 0 Å². The Hall–Kier alpha value is -2.22. The van der Waals surface area contributed by atoms with Gasteiger partial charge >= 0.3 is 0 Å². The maximum atomic E-state index is 12.2. The van der Waals surface area contributed by atoms with Crippen molar-refractivity contribution in [3.8, 4) is 0 Å². The number of hydrogen-bond donors (Lipinski definition) is 2. The van der Waals surface area contributed by atoms with Crippen LogP contribution >= 0.6 is 0 Å². The molecular formula is C18H22N2O4S. The van der Waals surface area contributed by atoms with Gasteiger partial charge in [0.1, 0.15) is 0 Å². The zero-order chi connectivity index (χ0) is 18.3. The van der Waals surface area contributed by atoms with E-state index in [9.17, 15) is 13.2 Å². The number of rotatable bonds is 8. The number of hydrogen-bond acceptors (Lipinski definition) is 4. The average Bonchev–Trinajstić information content (AvgIpc) is 2.62. The van der Waals surface area contributed by atoms with Crippen molar-refractivity contribution in [3.05, 3.63) is 65.7 Å². The zero-order valence-corrected chi connectivity index (χ0v) is 15.0. The fourth-order valence-electron chi connectivity index (χ4n) is 2.02. The molecular weight excluding hydrogens is 340 g/mol. The van der Waals surface area contributed by atoms with Gasteiger partial charge in [0.15, 0.2) is 0 Å².